The van der Waals surface area contributed by atoms with Crippen LogP contribution in [0.1, 0.15) is 25.3 Å². The zero-order chi connectivity index (χ0) is 23.5. The van der Waals surface area contributed by atoms with Crippen LogP contribution >= 0.6 is 0 Å². The Morgan fingerprint density at radius 1 is 1.21 bits per heavy atom. The summed E-state index contributed by atoms with van der Waals surface area (Å²) in [5.41, 5.74) is 3.08. The van der Waals surface area contributed by atoms with Crippen molar-refractivity contribution in [2.24, 2.45) is 5.92 Å². The molecule has 1 amide bonds. The quantitative estimate of drug-likeness (QED) is 0.355. The first-order valence-electron chi connectivity index (χ1n) is 11.3. The van der Waals surface area contributed by atoms with Crippen LogP contribution in [-0.4, -0.2) is 45.2 Å². The normalized spacial score (nSPS) is 14.1. The zero-order valence-corrected chi connectivity index (χ0v) is 18.8. The molecule has 1 saturated carbocycles. The molecule has 1 aliphatic carbocycles. The number of oxazole rings is 1. The maximum Gasteiger partial charge on any atom is 0.404 e. The van der Waals surface area contributed by atoms with Crippen LogP contribution in [0.25, 0.3) is 22.7 Å². The fourth-order valence-corrected chi connectivity index (χ4v) is 3.58. The monoisotopic (exact) mass is 462 g/mol. The molecular formula is C25H26N4O5. The number of carboxylic acid groups (broad SMARTS) is 1. The van der Waals surface area contributed by atoms with Crippen LogP contribution in [0.2, 0.25) is 0 Å². The van der Waals surface area contributed by atoms with Gasteiger partial charge in [0.1, 0.15) is 23.6 Å². The topological polar surface area (TPSA) is 112 Å². The minimum atomic E-state index is -1.10. The standard InChI is InChI=1S/C25H26N4O5/c1-16(26-25(30)31)14-33-23-12-21(29(28-23)13-17-5-3-2-4-6-17)24-27-20-10-9-19(11-22(20)34-24)32-15-18-7-8-18/h2-6,9-12,16,18,26H,7-8,13-15H2,1H3,(H,30,31)/t16-/m0/s1. The van der Waals surface area contributed by atoms with E-state index in [0.717, 1.165) is 23.4 Å². The third-order valence-corrected chi connectivity index (χ3v) is 5.55. The van der Waals surface area contributed by atoms with E-state index in [1.807, 2.05) is 48.5 Å². The summed E-state index contributed by atoms with van der Waals surface area (Å²) in [6.07, 6.45) is 1.36. The smallest absolute Gasteiger partial charge is 0.404 e. The third-order valence-electron chi connectivity index (χ3n) is 5.55. The minimum absolute atomic E-state index is 0.142. The number of nitrogens with zero attached hydrogens (tertiary/aromatic N) is 3. The van der Waals surface area contributed by atoms with Crippen LogP contribution in [0.3, 0.4) is 0 Å². The first-order chi connectivity index (χ1) is 16.5. The van der Waals surface area contributed by atoms with Gasteiger partial charge in [0.15, 0.2) is 5.58 Å². The zero-order valence-electron chi connectivity index (χ0n) is 18.8. The highest BCUT2D eigenvalue weighted by atomic mass is 16.5. The lowest BCUT2D eigenvalue weighted by Gasteiger charge is -2.10. The molecule has 0 aliphatic heterocycles. The Hall–Kier alpha value is -4.01. The molecule has 0 spiro atoms. The van der Waals surface area contributed by atoms with Crippen molar-refractivity contribution in [3.8, 4) is 23.2 Å². The van der Waals surface area contributed by atoms with Gasteiger partial charge in [-0.2, -0.15) is 0 Å². The summed E-state index contributed by atoms with van der Waals surface area (Å²) >= 11 is 0. The Kier molecular flexibility index (Phi) is 6.07. The second kappa shape index (κ2) is 9.46. The maximum absolute atomic E-state index is 10.8. The lowest BCUT2D eigenvalue weighted by Crippen LogP contribution is -2.35. The minimum Gasteiger partial charge on any atom is -0.493 e. The molecular weight excluding hydrogens is 436 g/mol. The van der Waals surface area contributed by atoms with Gasteiger partial charge in [-0.25, -0.2) is 9.78 Å². The summed E-state index contributed by atoms with van der Waals surface area (Å²) in [5.74, 6) is 2.22. The first-order valence-corrected chi connectivity index (χ1v) is 11.3. The molecule has 4 aromatic rings. The van der Waals surface area contributed by atoms with Gasteiger partial charge < -0.3 is 24.3 Å². The highest BCUT2D eigenvalue weighted by Crippen LogP contribution is 2.32. The van der Waals surface area contributed by atoms with E-state index in [0.29, 0.717) is 35.5 Å². The van der Waals surface area contributed by atoms with Crippen LogP contribution in [0, 0.1) is 5.92 Å². The van der Waals surface area contributed by atoms with Crippen LogP contribution in [0.15, 0.2) is 59.0 Å². The number of carbonyl (C=O) groups is 1. The molecule has 2 heterocycles. The summed E-state index contributed by atoms with van der Waals surface area (Å²) in [5, 5.41) is 15.8. The average molecular weight is 463 g/mol. The summed E-state index contributed by atoms with van der Waals surface area (Å²) < 4.78 is 19.5. The van der Waals surface area contributed by atoms with Crippen LogP contribution in [0.5, 0.6) is 11.6 Å². The van der Waals surface area contributed by atoms with E-state index in [9.17, 15) is 4.79 Å². The van der Waals surface area contributed by atoms with Gasteiger partial charge in [-0.1, -0.05) is 30.3 Å². The number of fused-ring (bicyclic) bond motifs is 1. The molecule has 2 aromatic carbocycles. The van der Waals surface area contributed by atoms with Crippen LogP contribution < -0.4 is 14.8 Å². The van der Waals surface area contributed by atoms with Crippen molar-refractivity contribution in [2.75, 3.05) is 13.2 Å². The van der Waals surface area contributed by atoms with E-state index in [1.165, 1.54) is 12.8 Å². The highest BCUT2D eigenvalue weighted by molar-refractivity contribution is 5.77. The lowest BCUT2D eigenvalue weighted by atomic mass is 10.2. The average Bonchev–Trinajstić information content (AvgIpc) is 3.42. The number of rotatable bonds is 10. The Bertz CT molecular complexity index is 1280. The number of benzene rings is 2. The lowest BCUT2D eigenvalue weighted by molar-refractivity contribution is 0.182. The molecule has 2 aromatic heterocycles. The number of hydrogen-bond donors (Lipinski definition) is 2. The Labute approximate surface area is 196 Å². The van der Waals surface area contributed by atoms with Crippen molar-refractivity contribution >= 4 is 17.2 Å². The SMILES string of the molecule is C[C@@H](COc1cc(-c2nc3ccc(OCC4CC4)cc3o2)n(Cc2ccccc2)n1)NC(=O)O. The first kappa shape index (κ1) is 21.8. The largest absolute Gasteiger partial charge is 0.493 e. The van der Waals surface area contributed by atoms with E-state index < -0.39 is 12.1 Å². The fraction of sp³-hybridized carbons (Fsp3) is 0.320. The van der Waals surface area contributed by atoms with Gasteiger partial charge >= 0.3 is 6.09 Å². The third kappa shape index (κ3) is 5.31. The summed E-state index contributed by atoms with van der Waals surface area (Å²) in [7, 11) is 0. The molecule has 1 aliphatic rings. The number of hydrogen-bond acceptors (Lipinski definition) is 6. The van der Waals surface area contributed by atoms with Gasteiger partial charge in [-0.3, -0.25) is 4.68 Å². The number of aromatic nitrogens is 3. The van der Waals surface area contributed by atoms with Gasteiger partial charge in [0.25, 0.3) is 0 Å². The summed E-state index contributed by atoms with van der Waals surface area (Å²) in [6, 6.07) is 17.0. The highest BCUT2D eigenvalue weighted by Gasteiger charge is 2.22. The van der Waals surface area contributed by atoms with Crippen molar-refractivity contribution < 1.29 is 23.8 Å². The maximum atomic E-state index is 10.8. The Morgan fingerprint density at radius 2 is 2.03 bits per heavy atom. The van der Waals surface area contributed by atoms with E-state index in [4.69, 9.17) is 19.0 Å². The van der Waals surface area contributed by atoms with E-state index >= 15 is 0 Å². The van der Waals surface area contributed by atoms with Crippen LogP contribution in [0.4, 0.5) is 4.79 Å². The number of ether oxygens (including phenoxy) is 2. The molecule has 9 nitrogen and oxygen atoms in total. The molecule has 0 unspecified atom stereocenters. The van der Waals surface area contributed by atoms with Crippen molar-refractivity contribution in [3.63, 3.8) is 0 Å². The van der Waals surface area contributed by atoms with E-state index in [2.05, 4.69) is 15.4 Å². The molecule has 5 rings (SSSR count). The molecule has 0 bridgehead atoms. The van der Waals surface area contributed by atoms with Crippen molar-refractivity contribution in [2.45, 2.75) is 32.4 Å². The molecule has 176 valence electrons. The summed E-state index contributed by atoms with van der Waals surface area (Å²) in [6.45, 7) is 3.09. The second-order valence-electron chi connectivity index (χ2n) is 8.58. The Balaban J connectivity index is 1.41. The van der Waals surface area contributed by atoms with Gasteiger partial charge in [0.05, 0.1) is 19.2 Å². The molecule has 1 fully saturated rings. The van der Waals surface area contributed by atoms with Crippen molar-refractivity contribution in [3.05, 3.63) is 60.2 Å². The van der Waals surface area contributed by atoms with E-state index in [-0.39, 0.29) is 6.61 Å². The van der Waals surface area contributed by atoms with Gasteiger partial charge in [0.2, 0.25) is 11.8 Å². The van der Waals surface area contributed by atoms with Crippen molar-refractivity contribution in [1.29, 1.82) is 0 Å². The van der Waals surface area contributed by atoms with E-state index in [1.54, 1.807) is 17.7 Å². The fourth-order valence-electron chi connectivity index (χ4n) is 3.58. The molecule has 0 saturated heterocycles. The second-order valence-corrected chi connectivity index (χ2v) is 8.58. The van der Waals surface area contributed by atoms with Gasteiger partial charge in [0, 0.05) is 12.1 Å². The summed E-state index contributed by atoms with van der Waals surface area (Å²) in [4.78, 5) is 15.5. The molecule has 0 radical (unpaired) electrons. The van der Waals surface area contributed by atoms with Crippen molar-refractivity contribution in [1.82, 2.24) is 20.1 Å². The van der Waals surface area contributed by atoms with Crippen LogP contribution in [-0.2, 0) is 6.54 Å². The molecule has 1 atom stereocenters. The predicted octanol–water partition coefficient (Wildman–Crippen LogP) is 4.56. The predicted molar refractivity (Wildman–Crippen MR) is 125 cm³/mol. The van der Waals surface area contributed by atoms with Gasteiger partial charge in [-0.15, -0.1) is 5.10 Å². The molecule has 9 heteroatoms. The molecule has 2 N–H and O–H groups in total. The Morgan fingerprint density at radius 3 is 2.79 bits per heavy atom. The molecule has 34 heavy (non-hydrogen) atoms. The number of nitrogens with one attached hydrogen (secondary N) is 1. The van der Waals surface area contributed by atoms with Gasteiger partial charge in [-0.05, 0) is 43.4 Å². The number of amides is 1.